The van der Waals surface area contributed by atoms with Gasteiger partial charge in [0.15, 0.2) is 5.78 Å². The van der Waals surface area contributed by atoms with Gasteiger partial charge in [-0.25, -0.2) is 0 Å². The van der Waals surface area contributed by atoms with Crippen LogP contribution in [0.5, 0.6) is 0 Å². The minimum Gasteiger partial charge on any atom is -0.392 e. The molecule has 0 radical (unpaired) electrons. The number of Topliss-reactive ketones (excluding diaryl/α,β-unsaturated/α-hetero) is 1. The van der Waals surface area contributed by atoms with Gasteiger partial charge >= 0.3 is 0 Å². The van der Waals surface area contributed by atoms with E-state index >= 15 is 0 Å². The Morgan fingerprint density at radius 1 is 1.44 bits per heavy atom. The number of rotatable bonds is 3. The number of β-amino-alcohol motifs (C(OH)–C–C–N with tert-alkyl or cyclic N) is 1. The Hall–Kier alpha value is -0.900. The third kappa shape index (κ3) is 3.31. The molecular weight excluding hydrogens is 250 g/mol. The van der Waals surface area contributed by atoms with E-state index in [-0.39, 0.29) is 11.9 Å². The van der Waals surface area contributed by atoms with Crippen molar-refractivity contribution in [3.05, 3.63) is 34.9 Å². The number of benzene rings is 1. The maximum Gasteiger partial charge on any atom is 0.176 e. The van der Waals surface area contributed by atoms with Crippen molar-refractivity contribution in [2.45, 2.75) is 19.4 Å². The summed E-state index contributed by atoms with van der Waals surface area (Å²) in [6.45, 7) is 3.87. The van der Waals surface area contributed by atoms with E-state index < -0.39 is 0 Å². The summed E-state index contributed by atoms with van der Waals surface area (Å²) in [5.41, 5.74) is 0.674. The molecular formula is C14H18ClNO2. The van der Waals surface area contributed by atoms with Crippen molar-refractivity contribution in [3.63, 3.8) is 0 Å². The quantitative estimate of drug-likeness (QED) is 0.854. The van der Waals surface area contributed by atoms with Gasteiger partial charge in [0.2, 0.25) is 0 Å². The van der Waals surface area contributed by atoms with E-state index in [1.807, 2.05) is 11.8 Å². The molecule has 98 valence electrons. The second kappa shape index (κ2) is 5.83. The van der Waals surface area contributed by atoms with Crippen LogP contribution in [0.1, 0.15) is 23.7 Å². The van der Waals surface area contributed by atoms with Gasteiger partial charge < -0.3 is 5.11 Å². The van der Waals surface area contributed by atoms with Crippen LogP contribution in [0.3, 0.4) is 0 Å². The molecule has 0 aromatic heterocycles. The normalized spacial score (nSPS) is 25.1. The summed E-state index contributed by atoms with van der Waals surface area (Å²) in [6, 6.07) is 6.94. The highest BCUT2D eigenvalue weighted by Gasteiger charge is 2.25. The fraction of sp³-hybridized carbons (Fsp3) is 0.500. The number of hydrogen-bond donors (Lipinski definition) is 1. The molecule has 1 aromatic carbocycles. The highest BCUT2D eigenvalue weighted by atomic mass is 35.5. The molecule has 0 amide bonds. The molecule has 1 N–H and O–H groups in total. The number of aliphatic hydroxyl groups excluding tert-OH is 1. The molecule has 1 heterocycles. The Labute approximate surface area is 112 Å². The summed E-state index contributed by atoms with van der Waals surface area (Å²) < 4.78 is 0. The molecule has 1 saturated heterocycles. The summed E-state index contributed by atoms with van der Waals surface area (Å²) in [5, 5.41) is 10.4. The molecule has 1 aliphatic heterocycles. The number of carbonyl (C=O) groups excluding carboxylic acids is 1. The third-order valence-electron chi connectivity index (χ3n) is 3.54. The van der Waals surface area contributed by atoms with Gasteiger partial charge in [-0.15, -0.1) is 0 Å². The van der Waals surface area contributed by atoms with Crippen LogP contribution in [0.2, 0.25) is 5.02 Å². The highest BCUT2D eigenvalue weighted by molar-refractivity contribution is 6.30. The van der Waals surface area contributed by atoms with Crippen molar-refractivity contribution in [1.29, 1.82) is 0 Å². The number of halogens is 1. The summed E-state index contributed by atoms with van der Waals surface area (Å²) >= 11 is 5.79. The largest absolute Gasteiger partial charge is 0.392 e. The monoisotopic (exact) mass is 267 g/mol. The van der Waals surface area contributed by atoms with Crippen LogP contribution in [-0.4, -0.2) is 41.5 Å². The smallest absolute Gasteiger partial charge is 0.176 e. The van der Waals surface area contributed by atoms with Crippen molar-refractivity contribution in [3.8, 4) is 0 Å². The first-order valence-corrected chi connectivity index (χ1v) is 6.63. The Morgan fingerprint density at radius 3 is 2.72 bits per heavy atom. The number of ketones is 1. The van der Waals surface area contributed by atoms with Crippen LogP contribution in [0.15, 0.2) is 24.3 Å². The molecule has 1 aliphatic rings. The van der Waals surface area contributed by atoms with Gasteiger partial charge in [0.1, 0.15) is 0 Å². The van der Waals surface area contributed by atoms with Gasteiger partial charge in [0.25, 0.3) is 0 Å². The van der Waals surface area contributed by atoms with Crippen LogP contribution in [0, 0.1) is 5.92 Å². The fourth-order valence-corrected chi connectivity index (χ4v) is 2.31. The van der Waals surface area contributed by atoms with E-state index in [2.05, 4.69) is 0 Å². The SMILES string of the molecule is CC1CCN(CC(=O)c2ccc(Cl)cc2)CC1O. The number of likely N-dealkylation sites (tertiary alicyclic amines) is 1. The molecule has 18 heavy (non-hydrogen) atoms. The Bertz CT molecular complexity index is 418. The molecule has 1 fully saturated rings. The lowest BCUT2D eigenvalue weighted by atomic mass is 9.95. The third-order valence-corrected chi connectivity index (χ3v) is 3.79. The second-order valence-corrected chi connectivity index (χ2v) is 5.43. The number of piperidine rings is 1. The van der Waals surface area contributed by atoms with Crippen LogP contribution in [0.25, 0.3) is 0 Å². The van der Waals surface area contributed by atoms with Gasteiger partial charge in [-0.2, -0.15) is 0 Å². The van der Waals surface area contributed by atoms with Gasteiger partial charge in [0, 0.05) is 17.1 Å². The Balaban J connectivity index is 1.93. The van der Waals surface area contributed by atoms with Crippen LogP contribution < -0.4 is 0 Å². The standard InChI is InChI=1S/C14H18ClNO2/c1-10-6-7-16(8-13(10)17)9-14(18)11-2-4-12(15)5-3-11/h2-5,10,13,17H,6-9H2,1H3. The van der Waals surface area contributed by atoms with E-state index in [0.29, 0.717) is 29.6 Å². The molecule has 3 nitrogen and oxygen atoms in total. The zero-order valence-corrected chi connectivity index (χ0v) is 11.2. The number of carbonyl (C=O) groups is 1. The number of aliphatic hydroxyl groups is 1. The fourth-order valence-electron chi connectivity index (χ4n) is 2.19. The average Bonchev–Trinajstić information content (AvgIpc) is 2.34. The number of hydrogen-bond acceptors (Lipinski definition) is 3. The van der Waals surface area contributed by atoms with Crippen molar-refractivity contribution in [2.75, 3.05) is 19.6 Å². The molecule has 0 saturated carbocycles. The van der Waals surface area contributed by atoms with Gasteiger partial charge in [-0.1, -0.05) is 18.5 Å². The maximum atomic E-state index is 12.0. The first kappa shape index (κ1) is 13.5. The summed E-state index contributed by atoms with van der Waals surface area (Å²) in [5.74, 6) is 0.403. The van der Waals surface area contributed by atoms with Gasteiger partial charge in [-0.3, -0.25) is 9.69 Å². The predicted molar refractivity (Wildman–Crippen MR) is 72.0 cm³/mol. The van der Waals surface area contributed by atoms with E-state index in [9.17, 15) is 9.90 Å². The van der Waals surface area contributed by atoms with Gasteiger partial charge in [0.05, 0.1) is 12.6 Å². The minimum absolute atomic E-state index is 0.0772. The van der Waals surface area contributed by atoms with E-state index in [0.717, 1.165) is 13.0 Å². The molecule has 2 unspecified atom stereocenters. The summed E-state index contributed by atoms with van der Waals surface area (Å²) in [7, 11) is 0. The molecule has 2 rings (SSSR count). The summed E-state index contributed by atoms with van der Waals surface area (Å²) in [6.07, 6.45) is 0.617. The Morgan fingerprint density at radius 2 is 2.11 bits per heavy atom. The molecule has 0 aliphatic carbocycles. The highest BCUT2D eigenvalue weighted by Crippen LogP contribution is 2.17. The molecule has 0 bridgehead atoms. The summed E-state index contributed by atoms with van der Waals surface area (Å²) in [4.78, 5) is 14.1. The van der Waals surface area contributed by atoms with E-state index in [1.54, 1.807) is 24.3 Å². The zero-order chi connectivity index (χ0) is 13.1. The number of nitrogens with zero attached hydrogens (tertiary/aromatic N) is 1. The predicted octanol–water partition coefficient (Wildman–Crippen LogP) is 2.23. The molecule has 0 spiro atoms. The van der Waals surface area contributed by atoms with Crippen molar-refractivity contribution >= 4 is 17.4 Å². The van der Waals surface area contributed by atoms with Crippen molar-refractivity contribution in [1.82, 2.24) is 4.90 Å². The molecule has 1 aromatic rings. The van der Waals surface area contributed by atoms with Crippen LogP contribution in [-0.2, 0) is 0 Å². The van der Waals surface area contributed by atoms with Gasteiger partial charge in [-0.05, 0) is 43.1 Å². The lowest BCUT2D eigenvalue weighted by molar-refractivity contribution is 0.0295. The van der Waals surface area contributed by atoms with Crippen LogP contribution in [0.4, 0.5) is 0 Å². The van der Waals surface area contributed by atoms with Crippen molar-refractivity contribution in [2.24, 2.45) is 5.92 Å². The first-order chi connectivity index (χ1) is 8.56. The minimum atomic E-state index is -0.322. The maximum absolute atomic E-state index is 12.0. The Kier molecular flexibility index (Phi) is 4.38. The van der Waals surface area contributed by atoms with Crippen molar-refractivity contribution < 1.29 is 9.90 Å². The lowest BCUT2D eigenvalue weighted by Crippen LogP contribution is -2.44. The molecule has 2 atom stereocenters. The molecule has 4 heteroatoms. The average molecular weight is 268 g/mol. The van der Waals surface area contributed by atoms with Crippen LogP contribution >= 0.6 is 11.6 Å². The zero-order valence-electron chi connectivity index (χ0n) is 10.5. The van der Waals surface area contributed by atoms with E-state index in [1.165, 1.54) is 0 Å². The van der Waals surface area contributed by atoms with E-state index in [4.69, 9.17) is 11.6 Å². The first-order valence-electron chi connectivity index (χ1n) is 6.25. The lowest BCUT2D eigenvalue weighted by Gasteiger charge is -2.33. The topological polar surface area (TPSA) is 40.5 Å². The second-order valence-electron chi connectivity index (χ2n) is 5.00.